The van der Waals surface area contributed by atoms with E-state index < -0.39 is 5.91 Å². The van der Waals surface area contributed by atoms with Gasteiger partial charge in [-0.1, -0.05) is 18.0 Å². The third-order valence-corrected chi connectivity index (χ3v) is 4.76. The molecule has 144 valence electrons. The van der Waals surface area contributed by atoms with Crippen LogP contribution in [-0.4, -0.2) is 39.1 Å². The minimum Gasteiger partial charge on any atom is -0.357 e. The van der Waals surface area contributed by atoms with Crippen LogP contribution in [0.2, 0.25) is 0 Å². The molecule has 28 heavy (non-hydrogen) atoms. The SMILES string of the molecule is O=C(NCc1ccncc1)c1nc(-c2ccnc(N3CCCCCC3)c2)no1. The predicted molar refractivity (Wildman–Crippen MR) is 104 cm³/mol. The summed E-state index contributed by atoms with van der Waals surface area (Å²) >= 11 is 0. The number of hydrogen-bond acceptors (Lipinski definition) is 7. The lowest BCUT2D eigenvalue weighted by Crippen LogP contribution is -2.24. The van der Waals surface area contributed by atoms with Crippen LogP contribution in [0.25, 0.3) is 11.4 Å². The monoisotopic (exact) mass is 378 g/mol. The zero-order valence-corrected chi connectivity index (χ0v) is 15.5. The maximum absolute atomic E-state index is 12.3. The molecule has 1 amide bonds. The fourth-order valence-corrected chi connectivity index (χ4v) is 3.22. The second-order valence-electron chi connectivity index (χ2n) is 6.77. The van der Waals surface area contributed by atoms with Crippen LogP contribution < -0.4 is 10.2 Å². The van der Waals surface area contributed by atoms with Gasteiger partial charge >= 0.3 is 11.8 Å². The Labute approximate surface area is 163 Å². The largest absolute Gasteiger partial charge is 0.357 e. The molecule has 4 heterocycles. The average molecular weight is 378 g/mol. The van der Waals surface area contributed by atoms with Gasteiger partial charge in [-0.25, -0.2) is 4.98 Å². The summed E-state index contributed by atoms with van der Waals surface area (Å²) in [6.45, 7) is 2.38. The number of nitrogens with one attached hydrogen (secondary N) is 1. The number of carbonyl (C=O) groups is 1. The van der Waals surface area contributed by atoms with Crippen LogP contribution in [0.5, 0.6) is 0 Å². The Kier molecular flexibility index (Phi) is 5.56. The van der Waals surface area contributed by atoms with Gasteiger partial charge in [0.15, 0.2) is 0 Å². The van der Waals surface area contributed by atoms with Crippen molar-refractivity contribution in [2.45, 2.75) is 32.2 Å². The lowest BCUT2D eigenvalue weighted by molar-refractivity contribution is 0.0907. The summed E-state index contributed by atoms with van der Waals surface area (Å²) in [5.74, 6) is 0.829. The number of aromatic nitrogens is 4. The van der Waals surface area contributed by atoms with Gasteiger partial charge in [0, 0.05) is 43.8 Å². The number of hydrogen-bond donors (Lipinski definition) is 1. The van der Waals surface area contributed by atoms with E-state index in [0.29, 0.717) is 12.4 Å². The van der Waals surface area contributed by atoms with Crippen molar-refractivity contribution in [1.29, 1.82) is 0 Å². The Balaban J connectivity index is 1.45. The van der Waals surface area contributed by atoms with Crippen LogP contribution in [-0.2, 0) is 6.54 Å². The molecular formula is C20H22N6O2. The molecule has 0 atom stereocenters. The van der Waals surface area contributed by atoms with E-state index in [0.717, 1.165) is 30.0 Å². The number of amides is 1. The summed E-state index contributed by atoms with van der Waals surface area (Å²) in [5, 5.41) is 6.73. The van der Waals surface area contributed by atoms with E-state index in [1.807, 2.05) is 24.3 Å². The smallest absolute Gasteiger partial charge is 0.316 e. The molecule has 1 N–H and O–H groups in total. The molecule has 8 nitrogen and oxygen atoms in total. The zero-order valence-electron chi connectivity index (χ0n) is 15.5. The Morgan fingerprint density at radius 2 is 1.86 bits per heavy atom. The van der Waals surface area contributed by atoms with Crippen molar-refractivity contribution in [2.75, 3.05) is 18.0 Å². The highest BCUT2D eigenvalue weighted by atomic mass is 16.5. The van der Waals surface area contributed by atoms with Crippen molar-refractivity contribution < 1.29 is 9.32 Å². The molecule has 1 saturated heterocycles. The quantitative estimate of drug-likeness (QED) is 0.729. The number of anilines is 1. The second-order valence-corrected chi connectivity index (χ2v) is 6.77. The Morgan fingerprint density at radius 3 is 2.64 bits per heavy atom. The standard InChI is InChI=1S/C20H22N6O2/c27-19(23-14-15-5-8-21-9-6-15)20-24-18(25-28-20)16-7-10-22-17(13-16)26-11-3-1-2-4-12-26/h5-10,13H,1-4,11-12,14H2,(H,23,27). The Bertz CT molecular complexity index is 919. The summed E-state index contributed by atoms with van der Waals surface area (Å²) in [6.07, 6.45) is 9.98. The van der Waals surface area contributed by atoms with E-state index in [4.69, 9.17) is 4.52 Å². The molecule has 1 fully saturated rings. The zero-order chi connectivity index (χ0) is 19.2. The molecule has 0 unspecified atom stereocenters. The van der Waals surface area contributed by atoms with Gasteiger partial charge in [0.25, 0.3) is 0 Å². The van der Waals surface area contributed by atoms with E-state index in [1.165, 1.54) is 25.7 Å². The first-order chi connectivity index (χ1) is 13.8. The van der Waals surface area contributed by atoms with Gasteiger partial charge in [0.2, 0.25) is 5.82 Å². The van der Waals surface area contributed by atoms with E-state index in [2.05, 4.69) is 30.3 Å². The van der Waals surface area contributed by atoms with Crippen LogP contribution in [0.1, 0.15) is 41.9 Å². The predicted octanol–water partition coefficient (Wildman–Crippen LogP) is 2.84. The molecule has 1 aliphatic rings. The Morgan fingerprint density at radius 1 is 1.07 bits per heavy atom. The first-order valence-corrected chi connectivity index (χ1v) is 9.52. The number of nitrogens with zero attached hydrogens (tertiary/aromatic N) is 5. The molecule has 0 aliphatic carbocycles. The normalized spacial score (nSPS) is 14.5. The molecule has 3 aromatic rings. The fourth-order valence-electron chi connectivity index (χ4n) is 3.22. The average Bonchev–Trinajstić information content (AvgIpc) is 3.09. The molecule has 4 rings (SSSR count). The summed E-state index contributed by atoms with van der Waals surface area (Å²) < 4.78 is 5.16. The van der Waals surface area contributed by atoms with Crippen molar-refractivity contribution in [3.63, 3.8) is 0 Å². The van der Waals surface area contributed by atoms with Crippen molar-refractivity contribution >= 4 is 11.7 Å². The van der Waals surface area contributed by atoms with Gasteiger partial charge in [-0.3, -0.25) is 9.78 Å². The lowest BCUT2D eigenvalue weighted by atomic mass is 10.2. The minimum atomic E-state index is -0.405. The van der Waals surface area contributed by atoms with Crippen molar-refractivity contribution in [3.05, 3.63) is 54.3 Å². The molecule has 0 bridgehead atoms. The third kappa shape index (κ3) is 4.33. The van der Waals surface area contributed by atoms with E-state index in [1.54, 1.807) is 18.6 Å². The molecule has 0 radical (unpaired) electrons. The third-order valence-electron chi connectivity index (χ3n) is 4.76. The van der Waals surface area contributed by atoms with Crippen LogP contribution in [0.15, 0.2) is 47.4 Å². The highest BCUT2D eigenvalue weighted by Gasteiger charge is 2.17. The van der Waals surface area contributed by atoms with E-state index in [9.17, 15) is 4.79 Å². The molecule has 3 aromatic heterocycles. The summed E-state index contributed by atoms with van der Waals surface area (Å²) in [5.41, 5.74) is 1.73. The first-order valence-electron chi connectivity index (χ1n) is 9.52. The maximum Gasteiger partial charge on any atom is 0.316 e. The summed E-state index contributed by atoms with van der Waals surface area (Å²) in [6, 6.07) is 7.45. The van der Waals surface area contributed by atoms with Crippen molar-refractivity contribution in [3.8, 4) is 11.4 Å². The molecule has 0 spiro atoms. The molecular weight excluding hydrogens is 356 g/mol. The summed E-state index contributed by atoms with van der Waals surface area (Å²) in [7, 11) is 0. The number of carbonyl (C=O) groups excluding carboxylic acids is 1. The van der Waals surface area contributed by atoms with Gasteiger partial charge in [-0.15, -0.1) is 0 Å². The van der Waals surface area contributed by atoms with Crippen molar-refractivity contribution in [2.24, 2.45) is 0 Å². The van der Waals surface area contributed by atoms with Crippen LogP contribution in [0.3, 0.4) is 0 Å². The summed E-state index contributed by atoms with van der Waals surface area (Å²) in [4.78, 5) is 27.3. The molecule has 8 heteroatoms. The van der Waals surface area contributed by atoms with Gasteiger partial charge in [-0.05, 0) is 42.7 Å². The van der Waals surface area contributed by atoms with Crippen LogP contribution in [0, 0.1) is 0 Å². The van der Waals surface area contributed by atoms with E-state index in [-0.39, 0.29) is 5.89 Å². The van der Waals surface area contributed by atoms with Crippen LogP contribution >= 0.6 is 0 Å². The topological polar surface area (TPSA) is 97.0 Å². The highest BCUT2D eigenvalue weighted by Crippen LogP contribution is 2.23. The highest BCUT2D eigenvalue weighted by molar-refractivity contribution is 5.89. The first kappa shape index (κ1) is 18.1. The van der Waals surface area contributed by atoms with Crippen LogP contribution in [0.4, 0.5) is 5.82 Å². The maximum atomic E-state index is 12.3. The van der Waals surface area contributed by atoms with Gasteiger partial charge in [-0.2, -0.15) is 4.98 Å². The van der Waals surface area contributed by atoms with Crippen molar-refractivity contribution in [1.82, 2.24) is 25.4 Å². The van der Waals surface area contributed by atoms with Gasteiger partial charge in [0.05, 0.1) is 0 Å². The van der Waals surface area contributed by atoms with Gasteiger partial charge < -0.3 is 14.7 Å². The second kappa shape index (κ2) is 8.60. The van der Waals surface area contributed by atoms with Gasteiger partial charge in [0.1, 0.15) is 5.82 Å². The number of pyridine rings is 2. The molecule has 1 aliphatic heterocycles. The molecule has 0 aromatic carbocycles. The van der Waals surface area contributed by atoms with E-state index >= 15 is 0 Å². The molecule has 0 saturated carbocycles. The Hall–Kier alpha value is -3.29. The lowest BCUT2D eigenvalue weighted by Gasteiger charge is -2.21. The number of rotatable bonds is 5. The minimum absolute atomic E-state index is 0.0582. The fraction of sp³-hybridized carbons (Fsp3) is 0.350.